The van der Waals surface area contributed by atoms with Crippen LogP contribution >= 0.6 is 0 Å². The fraction of sp³-hybridized carbons (Fsp3) is 0.167. The number of amides is 1. The number of pyridine rings is 1. The van der Waals surface area contributed by atoms with Crippen molar-refractivity contribution in [3.05, 3.63) is 146 Å². The number of aromatic amines is 1. The maximum absolute atomic E-state index is 14.7. The van der Waals surface area contributed by atoms with Crippen LogP contribution < -0.4 is 10.9 Å². The number of aromatic nitrogens is 2. The molecule has 0 aliphatic carbocycles. The van der Waals surface area contributed by atoms with E-state index in [1.807, 2.05) is 0 Å². The molecule has 1 unspecified atom stereocenters. The lowest BCUT2D eigenvalue weighted by molar-refractivity contribution is -0.143. The summed E-state index contributed by atoms with van der Waals surface area (Å²) in [5, 5.41) is 15.0. The van der Waals surface area contributed by atoms with Crippen LogP contribution in [0.1, 0.15) is 49.8 Å². The molecule has 4 aromatic carbocycles. The number of halogens is 7. The van der Waals surface area contributed by atoms with Gasteiger partial charge in [0.15, 0.2) is 0 Å². The lowest BCUT2D eigenvalue weighted by atomic mass is 9.85. The van der Waals surface area contributed by atoms with Gasteiger partial charge >= 0.3 is 12.4 Å². The van der Waals surface area contributed by atoms with Gasteiger partial charge in [-0.15, -0.1) is 0 Å². The van der Waals surface area contributed by atoms with E-state index in [1.54, 1.807) is 54.6 Å². The molecule has 0 saturated heterocycles. The van der Waals surface area contributed by atoms with Crippen LogP contribution in [0.5, 0.6) is 5.75 Å². The predicted octanol–water partition coefficient (Wildman–Crippen LogP) is 8.05. The molecule has 0 fully saturated rings. The number of alkyl halides is 6. The van der Waals surface area contributed by atoms with E-state index < -0.39 is 52.2 Å². The number of hydrogen-bond donors (Lipinski definition) is 3. The molecule has 1 amide bonds. The average molecular weight is 682 g/mol. The van der Waals surface area contributed by atoms with Crippen LogP contribution in [0.4, 0.5) is 30.7 Å². The highest BCUT2D eigenvalue weighted by molar-refractivity contribution is 5.95. The molecule has 0 aliphatic heterocycles. The third kappa shape index (κ3) is 6.35. The minimum Gasteiger partial charge on any atom is -0.507 e. The number of aryl methyl sites for hydroxylation is 1. The van der Waals surface area contributed by atoms with Crippen LogP contribution in [0.2, 0.25) is 0 Å². The van der Waals surface area contributed by atoms with Crippen molar-refractivity contribution >= 4 is 27.7 Å². The fourth-order valence-electron chi connectivity index (χ4n) is 6.15. The van der Waals surface area contributed by atoms with Crippen molar-refractivity contribution in [2.45, 2.75) is 24.7 Å². The number of para-hydroxylation sites is 2. The van der Waals surface area contributed by atoms with E-state index >= 15 is 0 Å². The highest BCUT2D eigenvalue weighted by Gasteiger charge is 2.37. The van der Waals surface area contributed by atoms with Crippen LogP contribution in [0.25, 0.3) is 21.8 Å². The minimum absolute atomic E-state index is 0.0172. The first-order chi connectivity index (χ1) is 23.1. The van der Waals surface area contributed by atoms with Crippen molar-refractivity contribution in [1.29, 1.82) is 0 Å². The Kier molecular flexibility index (Phi) is 8.47. The van der Waals surface area contributed by atoms with Gasteiger partial charge in [-0.25, -0.2) is 4.39 Å². The molecule has 2 heterocycles. The second-order valence-electron chi connectivity index (χ2n) is 11.5. The molecule has 6 rings (SSSR count). The Morgan fingerprint density at radius 3 is 2.14 bits per heavy atom. The summed E-state index contributed by atoms with van der Waals surface area (Å²) in [5.74, 6) is -3.17. The number of carbonyl (C=O) groups is 1. The summed E-state index contributed by atoms with van der Waals surface area (Å²) in [6, 6.07) is 19.8. The van der Waals surface area contributed by atoms with Crippen molar-refractivity contribution < 1.29 is 40.6 Å². The van der Waals surface area contributed by atoms with E-state index in [9.17, 15) is 45.4 Å². The SMILES string of the molecule is Cn1c(=O)c(C(c2cccc(F)c2)c2[nH]c3ccccc3c2CCNC(=O)c2cc(C(F)(F)F)cc(C(F)(F)F)c2)c(O)c2ccccc21. The van der Waals surface area contributed by atoms with Crippen LogP contribution in [-0.2, 0) is 25.8 Å². The van der Waals surface area contributed by atoms with Crippen molar-refractivity contribution in [1.82, 2.24) is 14.9 Å². The number of carbonyl (C=O) groups excluding carboxylic acids is 1. The standard InChI is InChI=1S/C36H26F7N3O3/c1-46-28-12-5-3-10-26(28)32(47)30(34(46)49)29(19-7-6-8-23(37)17-19)31-25(24-9-2-4-11-27(24)45-31)13-14-44-33(48)20-15-21(35(38,39)40)18-22(16-20)36(41,42)43/h2-12,15-18,29,45,47H,13-14H2,1H3,(H,44,48). The lowest BCUT2D eigenvalue weighted by Gasteiger charge is -2.22. The maximum atomic E-state index is 14.7. The van der Waals surface area contributed by atoms with Gasteiger partial charge in [-0.3, -0.25) is 9.59 Å². The molecule has 0 aliphatic rings. The minimum atomic E-state index is -5.13. The summed E-state index contributed by atoms with van der Waals surface area (Å²) < 4.78 is 96.5. The number of H-pyrrole nitrogens is 1. The third-order valence-electron chi connectivity index (χ3n) is 8.43. The fourth-order valence-corrected chi connectivity index (χ4v) is 6.15. The molecular formula is C36H26F7N3O3. The number of hydrogen-bond acceptors (Lipinski definition) is 3. The Hall–Kier alpha value is -5.59. The summed E-state index contributed by atoms with van der Waals surface area (Å²) in [6.07, 6.45) is -10.3. The second-order valence-corrected chi connectivity index (χ2v) is 11.5. The molecule has 0 bridgehead atoms. The monoisotopic (exact) mass is 681 g/mol. The molecule has 0 radical (unpaired) electrons. The van der Waals surface area contributed by atoms with Crippen LogP contribution in [0.3, 0.4) is 0 Å². The van der Waals surface area contributed by atoms with E-state index in [0.717, 1.165) is 0 Å². The number of aromatic hydroxyl groups is 1. The van der Waals surface area contributed by atoms with E-state index in [0.29, 0.717) is 50.8 Å². The number of rotatable bonds is 7. The highest BCUT2D eigenvalue weighted by atomic mass is 19.4. The molecule has 252 valence electrons. The first kappa shape index (κ1) is 33.3. The molecule has 6 aromatic rings. The quantitative estimate of drug-likeness (QED) is 0.149. The van der Waals surface area contributed by atoms with Gasteiger partial charge in [0.1, 0.15) is 11.6 Å². The van der Waals surface area contributed by atoms with Gasteiger partial charge in [0.05, 0.1) is 28.1 Å². The van der Waals surface area contributed by atoms with Gasteiger partial charge in [-0.05, 0) is 66.1 Å². The average Bonchev–Trinajstić information content (AvgIpc) is 3.42. The normalized spacial score (nSPS) is 12.8. The van der Waals surface area contributed by atoms with E-state index in [-0.39, 0.29) is 30.3 Å². The zero-order valence-corrected chi connectivity index (χ0v) is 25.5. The van der Waals surface area contributed by atoms with Gasteiger partial charge in [-0.1, -0.05) is 42.5 Å². The van der Waals surface area contributed by atoms with Gasteiger partial charge in [-0.2, -0.15) is 26.3 Å². The Bertz CT molecular complexity index is 2260. The summed E-state index contributed by atoms with van der Waals surface area (Å²) in [5.41, 5.74) is -2.48. The summed E-state index contributed by atoms with van der Waals surface area (Å²) in [4.78, 5) is 30.2. The Labute approximate surface area is 273 Å². The smallest absolute Gasteiger partial charge is 0.416 e. The molecule has 2 aromatic heterocycles. The van der Waals surface area contributed by atoms with Crippen molar-refractivity contribution in [3.63, 3.8) is 0 Å². The first-order valence-electron chi connectivity index (χ1n) is 14.9. The molecule has 0 spiro atoms. The summed E-state index contributed by atoms with van der Waals surface area (Å²) >= 11 is 0. The van der Waals surface area contributed by atoms with E-state index in [2.05, 4.69) is 10.3 Å². The van der Waals surface area contributed by atoms with Gasteiger partial charge in [0, 0.05) is 41.1 Å². The van der Waals surface area contributed by atoms with Crippen molar-refractivity contribution in [2.75, 3.05) is 6.54 Å². The van der Waals surface area contributed by atoms with Crippen molar-refractivity contribution in [3.8, 4) is 5.75 Å². The van der Waals surface area contributed by atoms with Gasteiger partial charge in [0.25, 0.3) is 11.5 Å². The molecule has 1 atom stereocenters. The molecule has 49 heavy (non-hydrogen) atoms. The van der Waals surface area contributed by atoms with Gasteiger partial charge in [0.2, 0.25) is 0 Å². The van der Waals surface area contributed by atoms with Crippen LogP contribution in [0, 0.1) is 5.82 Å². The third-order valence-corrected chi connectivity index (χ3v) is 8.43. The molecule has 0 saturated carbocycles. The van der Waals surface area contributed by atoms with Crippen LogP contribution in [-0.4, -0.2) is 27.1 Å². The second kappa shape index (κ2) is 12.5. The molecule has 13 heteroatoms. The first-order valence-corrected chi connectivity index (χ1v) is 14.9. The topological polar surface area (TPSA) is 87.1 Å². The summed E-state index contributed by atoms with van der Waals surface area (Å²) in [6.45, 7) is -0.247. The zero-order chi connectivity index (χ0) is 35.2. The Morgan fingerprint density at radius 2 is 1.49 bits per heavy atom. The van der Waals surface area contributed by atoms with E-state index in [1.165, 1.54) is 29.8 Å². The number of nitrogens with zero attached hydrogens (tertiary/aromatic N) is 1. The molecule has 6 nitrogen and oxygen atoms in total. The predicted molar refractivity (Wildman–Crippen MR) is 169 cm³/mol. The lowest BCUT2D eigenvalue weighted by Crippen LogP contribution is -2.28. The maximum Gasteiger partial charge on any atom is 0.416 e. The van der Waals surface area contributed by atoms with Crippen LogP contribution in [0.15, 0.2) is 95.8 Å². The van der Waals surface area contributed by atoms with Gasteiger partial charge < -0.3 is 20.0 Å². The van der Waals surface area contributed by atoms with Crippen molar-refractivity contribution in [2.24, 2.45) is 7.05 Å². The zero-order valence-electron chi connectivity index (χ0n) is 25.5. The molecular weight excluding hydrogens is 655 g/mol. The Morgan fingerprint density at radius 1 is 0.857 bits per heavy atom. The number of fused-ring (bicyclic) bond motifs is 2. The Balaban J connectivity index is 1.45. The molecule has 3 N–H and O–H groups in total. The summed E-state index contributed by atoms with van der Waals surface area (Å²) in [7, 11) is 1.54. The number of nitrogens with one attached hydrogen (secondary N) is 2. The largest absolute Gasteiger partial charge is 0.507 e. The van der Waals surface area contributed by atoms with E-state index in [4.69, 9.17) is 0 Å². The number of benzene rings is 4. The highest BCUT2D eigenvalue weighted by Crippen LogP contribution is 2.41.